The smallest absolute Gasteiger partial charge is 0.254 e. The van der Waals surface area contributed by atoms with Crippen LogP contribution in [0.2, 0.25) is 5.02 Å². The molecule has 5 nitrogen and oxygen atoms in total. The molecule has 0 unspecified atom stereocenters. The molecule has 2 aromatic rings. The van der Waals surface area contributed by atoms with Crippen LogP contribution in [0.1, 0.15) is 11.4 Å². The molecule has 0 amide bonds. The minimum atomic E-state index is -0.270. The number of H-pyrrole nitrogens is 1. The van der Waals surface area contributed by atoms with Gasteiger partial charge in [-0.1, -0.05) is 17.7 Å². The number of nitrogens with one attached hydrogen (secondary N) is 1. The predicted molar refractivity (Wildman–Crippen MR) is 69.0 cm³/mol. The highest BCUT2D eigenvalue weighted by atomic mass is 35.5. The first-order valence-corrected chi connectivity index (χ1v) is 5.70. The Morgan fingerprint density at radius 2 is 2.22 bits per heavy atom. The first-order valence-electron chi connectivity index (χ1n) is 5.33. The lowest BCUT2D eigenvalue weighted by molar-refractivity contribution is 0.453. The van der Waals surface area contributed by atoms with Crippen LogP contribution in [-0.4, -0.2) is 9.97 Å². The van der Waals surface area contributed by atoms with Gasteiger partial charge in [0.1, 0.15) is 11.6 Å². The average molecular weight is 266 g/mol. The third kappa shape index (κ3) is 2.88. The Hall–Kier alpha value is -1.85. The minimum Gasteiger partial charge on any atom is -0.438 e. The summed E-state index contributed by atoms with van der Waals surface area (Å²) >= 11 is 5.89. The van der Waals surface area contributed by atoms with Gasteiger partial charge in [-0.05, 0) is 19.1 Å². The van der Waals surface area contributed by atoms with Crippen molar-refractivity contribution in [1.29, 1.82) is 0 Å². The van der Waals surface area contributed by atoms with Gasteiger partial charge in [0.25, 0.3) is 5.56 Å². The summed E-state index contributed by atoms with van der Waals surface area (Å²) in [5.74, 6) is 1.20. The lowest BCUT2D eigenvalue weighted by Crippen LogP contribution is -2.09. The van der Waals surface area contributed by atoms with E-state index in [0.717, 1.165) is 5.56 Å². The number of hydrogen-bond acceptors (Lipinski definition) is 4. The number of rotatable bonds is 3. The van der Waals surface area contributed by atoms with E-state index in [1.165, 1.54) is 6.07 Å². The Morgan fingerprint density at radius 3 is 2.89 bits per heavy atom. The number of hydrogen-bond donors (Lipinski definition) is 2. The minimum absolute atomic E-state index is 0.216. The van der Waals surface area contributed by atoms with E-state index in [4.69, 9.17) is 22.1 Å². The fraction of sp³-hybridized carbons (Fsp3) is 0.167. The zero-order chi connectivity index (χ0) is 13.1. The second-order valence-electron chi connectivity index (χ2n) is 3.73. The van der Waals surface area contributed by atoms with E-state index in [1.54, 1.807) is 25.1 Å². The lowest BCUT2D eigenvalue weighted by Gasteiger charge is -2.09. The van der Waals surface area contributed by atoms with Gasteiger partial charge in [0, 0.05) is 17.1 Å². The molecule has 2 rings (SSSR count). The van der Waals surface area contributed by atoms with Crippen molar-refractivity contribution in [2.24, 2.45) is 5.73 Å². The monoisotopic (exact) mass is 265 g/mol. The second kappa shape index (κ2) is 5.20. The summed E-state index contributed by atoms with van der Waals surface area (Å²) in [6, 6.07) is 6.42. The van der Waals surface area contributed by atoms with Gasteiger partial charge >= 0.3 is 0 Å². The zero-order valence-corrected chi connectivity index (χ0v) is 10.5. The molecule has 0 spiro atoms. The molecule has 0 aliphatic rings. The van der Waals surface area contributed by atoms with Gasteiger partial charge in [-0.2, -0.15) is 0 Å². The van der Waals surface area contributed by atoms with E-state index >= 15 is 0 Å². The van der Waals surface area contributed by atoms with Gasteiger partial charge in [-0.3, -0.25) is 4.79 Å². The molecule has 0 aliphatic heterocycles. The summed E-state index contributed by atoms with van der Waals surface area (Å²) in [5.41, 5.74) is 6.12. The summed E-state index contributed by atoms with van der Waals surface area (Å²) in [4.78, 5) is 17.9. The number of aromatic amines is 1. The van der Waals surface area contributed by atoms with E-state index < -0.39 is 0 Å². The second-order valence-corrected chi connectivity index (χ2v) is 4.16. The van der Waals surface area contributed by atoms with Gasteiger partial charge < -0.3 is 15.5 Å². The largest absolute Gasteiger partial charge is 0.438 e. The van der Waals surface area contributed by atoms with E-state index in [-0.39, 0.29) is 11.4 Å². The molecule has 0 saturated heterocycles. The fourth-order valence-corrected chi connectivity index (χ4v) is 1.67. The summed E-state index contributed by atoms with van der Waals surface area (Å²) < 4.78 is 5.55. The maximum absolute atomic E-state index is 11.3. The quantitative estimate of drug-likeness (QED) is 0.889. The standard InChI is InChI=1S/C12H12ClN3O2/c1-7-15-11(17)5-12(16-7)18-10-4-9(13)3-2-8(10)6-14/h2-5H,6,14H2,1H3,(H,15,16,17). The third-order valence-electron chi connectivity index (χ3n) is 2.30. The molecule has 3 N–H and O–H groups in total. The summed E-state index contributed by atoms with van der Waals surface area (Å²) in [6.07, 6.45) is 0. The van der Waals surface area contributed by atoms with Crippen LogP contribution < -0.4 is 16.0 Å². The Balaban J connectivity index is 2.38. The van der Waals surface area contributed by atoms with Crippen molar-refractivity contribution in [2.45, 2.75) is 13.5 Å². The van der Waals surface area contributed by atoms with E-state index in [1.807, 2.05) is 0 Å². The Kier molecular flexibility index (Phi) is 3.64. The van der Waals surface area contributed by atoms with E-state index in [9.17, 15) is 4.79 Å². The number of halogens is 1. The maximum Gasteiger partial charge on any atom is 0.254 e. The van der Waals surface area contributed by atoms with E-state index in [2.05, 4.69) is 9.97 Å². The van der Waals surface area contributed by atoms with Crippen LogP contribution in [0.4, 0.5) is 0 Å². The lowest BCUT2D eigenvalue weighted by atomic mass is 10.2. The number of benzene rings is 1. The highest BCUT2D eigenvalue weighted by molar-refractivity contribution is 6.30. The normalized spacial score (nSPS) is 10.4. The molecule has 94 valence electrons. The highest BCUT2D eigenvalue weighted by Crippen LogP contribution is 2.26. The molecular weight excluding hydrogens is 254 g/mol. The SMILES string of the molecule is Cc1nc(Oc2cc(Cl)ccc2CN)cc(=O)[nH]1. The molecule has 0 aliphatic carbocycles. The molecule has 0 radical (unpaired) electrons. The predicted octanol–water partition coefficient (Wildman–Crippen LogP) is 1.98. The first kappa shape index (κ1) is 12.6. The topological polar surface area (TPSA) is 81.0 Å². The van der Waals surface area contributed by atoms with Crippen molar-refractivity contribution in [3.05, 3.63) is 51.0 Å². The van der Waals surface area contributed by atoms with Crippen LogP contribution in [0.25, 0.3) is 0 Å². The molecule has 6 heteroatoms. The van der Waals surface area contributed by atoms with E-state index in [0.29, 0.717) is 23.1 Å². The summed E-state index contributed by atoms with van der Waals surface area (Å²) in [5, 5.41) is 0.531. The number of aromatic nitrogens is 2. The molecule has 1 heterocycles. The van der Waals surface area contributed by atoms with Crippen molar-refractivity contribution in [2.75, 3.05) is 0 Å². The van der Waals surface area contributed by atoms with Crippen molar-refractivity contribution in [3.8, 4) is 11.6 Å². The summed E-state index contributed by atoms with van der Waals surface area (Å²) in [7, 11) is 0. The fourth-order valence-electron chi connectivity index (χ4n) is 1.51. The van der Waals surface area contributed by atoms with Crippen molar-refractivity contribution in [1.82, 2.24) is 9.97 Å². The molecule has 18 heavy (non-hydrogen) atoms. The van der Waals surface area contributed by atoms with Crippen LogP contribution in [-0.2, 0) is 6.54 Å². The van der Waals surface area contributed by atoms with Gasteiger partial charge in [-0.25, -0.2) is 4.98 Å². The molecular formula is C12H12ClN3O2. The van der Waals surface area contributed by atoms with Crippen LogP contribution >= 0.6 is 11.6 Å². The van der Waals surface area contributed by atoms with Crippen LogP contribution in [0.5, 0.6) is 11.6 Å². The molecule has 0 bridgehead atoms. The molecule has 1 aromatic heterocycles. The average Bonchev–Trinajstić information content (AvgIpc) is 2.27. The van der Waals surface area contributed by atoms with Crippen LogP contribution in [0.15, 0.2) is 29.1 Å². The van der Waals surface area contributed by atoms with Crippen LogP contribution in [0, 0.1) is 6.92 Å². The van der Waals surface area contributed by atoms with Gasteiger partial charge in [0.05, 0.1) is 6.07 Å². The van der Waals surface area contributed by atoms with Gasteiger partial charge in [0.15, 0.2) is 0 Å². The maximum atomic E-state index is 11.3. The number of ether oxygens (including phenoxy) is 1. The molecule has 0 fully saturated rings. The van der Waals surface area contributed by atoms with Gasteiger partial charge in [-0.15, -0.1) is 0 Å². The number of nitrogens with zero attached hydrogens (tertiary/aromatic N) is 1. The Labute approximate surface area is 109 Å². The Bertz CT molecular complexity index is 625. The number of aryl methyl sites for hydroxylation is 1. The highest BCUT2D eigenvalue weighted by Gasteiger charge is 2.07. The van der Waals surface area contributed by atoms with Crippen molar-refractivity contribution < 1.29 is 4.74 Å². The van der Waals surface area contributed by atoms with Crippen molar-refractivity contribution in [3.63, 3.8) is 0 Å². The molecule has 1 aromatic carbocycles. The zero-order valence-electron chi connectivity index (χ0n) is 9.74. The van der Waals surface area contributed by atoms with Gasteiger partial charge in [0.2, 0.25) is 5.88 Å². The summed E-state index contributed by atoms with van der Waals surface area (Å²) in [6.45, 7) is 1.99. The molecule has 0 saturated carbocycles. The Morgan fingerprint density at radius 1 is 1.44 bits per heavy atom. The van der Waals surface area contributed by atoms with Crippen LogP contribution in [0.3, 0.4) is 0 Å². The van der Waals surface area contributed by atoms with Crippen molar-refractivity contribution >= 4 is 11.6 Å². The first-order chi connectivity index (χ1) is 8.58. The molecule has 0 atom stereocenters. The third-order valence-corrected chi connectivity index (χ3v) is 2.54. The number of nitrogens with two attached hydrogens (primary N) is 1.